The number of aliphatic hydroxyl groups is 2. The monoisotopic (exact) mass is 324 g/mol. The molecular formula is C6H14O11P2. The minimum Gasteiger partial charge on any atom is -0.394 e. The van der Waals surface area contributed by atoms with Gasteiger partial charge >= 0.3 is 15.6 Å². The van der Waals surface area contributed by atoms with E-state index in [1.165, 1.54) is 0 Å². The molecule has 0 amide bonds. The molecule has 11 nitrogen and oxygen atoms in total. The Morgan fingerprint density at radius 2 is 1.53 bits per heavy atom. The van der Waals surface area contributed by atoms with Crippen molar-refractivity contribution >= 4 is 21.9 Å². The van der Waals surface area contributed by atoms with Crippen molar-refractivity contribution in [2.45, 2.75) is 24.7 Å². The lowest BCUT2D eigenvalue weighted by atomic mass is 10.1. The van der Waals surface area contributed by atoms with E-state index in [0.29, 0.717) is 0 Å². The highest BCUT2D eigenvalue weighted by molar-refractivity contribution is 7.46. The van der Waals surface area contributed by atoms with Crippen LogP contribution < -0.4 is 0 Å². The molecule has 0 saturated carbocycles. The quantitative estimate of drug-likeness (QED) is 0.201. The number of rotatable bonds is 9. The lowest BCUT2D eigenvalue weighted by molar-refractivity contribution is -0.114. The van der Waals surface area contributed by atoms with Crippen molar-refractivity contribution in [3.63, 3.8) is 0 Å². The summed E-state index contributed by atoms with van der Waals surface area (Å²) in [6.07, 6.45) is -6.38. The van der Waals surface area contributed by atoms with Crippen LogP contribution in [0.2, 0.25) is 0 Å². The molecule has 0 rings (SSSR count). The second-order valence-corrected chi connectivity index (χ2v) is 5.73. The van der Waals surface area contributed by atoms with Crippen molar-refractivity contribution in [3.8, 4) is 0 Å². The van der Waals surface area contributed by atoms with Crippen LogP contribution in [0.1, 0.15) is 6.42 Å². The summed E-state index contributed by atoms with van der Waals surface area (Å²) in [5.41, 5.74) is 0. The summed E-state index contributed by atoms with van der Waals surface area (Å²) in [7, 11) is -10.3. The molecule has 0 radical (unpaired) electrons. The van der Waals surface area contributed by atoms with E-state index in [2.05, 4.69) is 9.05 Å². The molecule has 13 heteroatoms. The average molecular weight is 324 g/mol. The van der Waals surface area contributed by atoms with E-state index >= 15 is 0 Å². The highest BCUT2D eigenvalue weighted by Crippen LogP contribution is 2.44. The molecule has 0 aliphatic rings. The van der Waals surface area contributed by atoms with Crippen molar-refractivity contribution in [3.05, 3.63) is 0 Å². The Balaban J connectivity index is 5.18. The molecule has 19 heavy (non-hydrogen) atoms. The molecular weight excluding hydrogens is 310 g/mol. The molecule has 0 heterocycles. The first-order chi connectivity index (χ1) is 8.50. The predicted octanol–water partition coefficient (Wildman–Crippen LogP) is -2.12. The van der Waals surface area contributed by atoms with Gasteiger partial charge in [-0.1, -0.05) is 0 Å². The first-order valence-corrected chi connectivity index (χ1v) is 7.76. The van der Waals surface area contributed by atoms with Gasteiger partial charge in [0, 0.05) is 6.42 Å². The molecule has 0 spiro atoms. The number of hydrogen-bond acceptors (Lipinski definition) is 7. The number of phosphoric ester groups is 2. The summed E-state index contributed by atoms with van der Waals surface area (Å²) >= 11 is 0. The number of carbonyl (C=O) groups is 1. The molecule has 0 aromatic heterocycles. The zero-order chi connectivity index (χ0) is 15.3. The third-order valence-corrected chi connectivity index (χ3v) is 2.86. The maximum atomic E-state index is 10.7. The molecule has 0 aromatic rings. The van der Waals surface area contributed by atoms with Crippen molar-refractivity contribution in [2.24, 2.45) is 0 Å². The normalized spacial score (nSPS) is 17.8. The zero-order valence-electron chi connectivity index (χ0n) is 9.34. The van der Waals surface area contributed by atoms with Gasteiger partial charge in [-0.15, -0.1) is 0 Å². The standard InChI is InChI=1S/C6H14O11P2/c7-2-1-5(16-18(10,11)12)6(4(9)3-8)17-19(13,14)15/h2,4-6,8-9H,1,3H2,(H2,10,11,12)(H2,13,14,15)/t4-,5-,6-/m1/s1. The van der Waals surface area contributed by atoms with Crippen LogP contribution in [0.3, 0.4) is 0 Å². The van der Waals surface area contributed by atoms with E-state index in [0.717, 1.165) is 0 Å². The molecule has 0 fully saturated rings. The molecule has 0 aliphatic heterocycles. The minimum atomic E-state index is -5.15. The van der Waals surface area contributed by atoms with Gasteiger partial charge in [0.15, 0.2) is 0 Å². The van der Waals surface area contributed by atoms with Crippen molar-refractivity contribution < 1.29 is 52.8 Å². The van der Waals surface area contributed by atoms with Crippen molar-refractivity contribution in [2.75, 3.05) is 6.61 Å². The fraction of sp³-hybridized carbons (Fsp3) is 0.833. The van der Waals surface area contributed by atoms with Gasteiger partial charge in [0.05, 0.1) is 6.61 Å². The summed E-state index contributed by atoms with van der Waals surface area (Å²) in [6.45, 7) is -1.04. The van der Waals surface area contributed by atoms with Crippen molar-refractivity contribution in [1.29, 1.82) is 0 Å². The maximum Gasteiger partial charge on any atom is 0.470 e. The van der Waals surface area contributed by atoms with Crippen LogP contribution >= 0.6 is 15.6 Å². The molecule has 0 saturated heterocycles. The summed E-state index contributed by atoms with van der Waals surface area (Å²) < 4.78 is 29.5. The maximum absolute atomic E-state index is 10.7. The lowest BCUT2D eigenvalue weighted by Gasteiger charge is -2.28. The van der Waals surface area contributed by atoms with Gasteiger partial charge in [-0.3, -0.25) is 9.05 Å². The first kappa shape index (κ1) is 18.8. The van der Waals surface area contributed by atoms with E-state index in [9.17, 15) is 19.0 Å². The largest absolute Gasteiger partial charge is 0.470 e. The van der Waals surface area contributed by atoms with E-state index in [1.54, 1.807) is 0 Å². The van der Waals surface area contributed by atoms with Gasteiger partial charge < -0.3 is 34.6 Å². The molecule has 0 unspecified atom stereocenters. The van der Waals surface area contributed by atoms with Crippen LogP contribution in [-0.4, -0.2) is 61.0 Å². The van der Waals surface area contributed by atoms with Crippen LogP contribution in [0, 0.1) is 0 Å². The second-order valence-electron chi connectivity index (χ2n) is 3.35. The van der Waals surface area contributed by atoms with E-state index in [1.807, 2.05) is 0 Å². The Labute approximate surface area is 107 Å². The van der Waals surface area contributed by atoms with Gasteiger partial charge in [0.25, 0.3) is 0 Å². The van der Waals surface area contributed by atoms with Crippen LogP contribution in [-0.2, 0) is 23.0 Å². The summed E-state index contributed by atoms with van der Waals surface area (Å²) in [4.78, 5) is 44.8. The SMILES string of the molecule is O=CC[C@@H](OP(=O)(O)O)[C@H](OP(=O)(O)O)[C@H](O)CO. The highest BCUT2D eigenvalue weighted by Gasteiger charge is 2.38. The number of aliphatic hydroxyl groups excluding tert-OH is 2. The minimum absolute atomic E-state index is 0.139. The fourth-order valence-corrected chi connectivity index (χ4v) is 2.31. The van der Waals surface area contributed by atoms with Gasteiger partial charge in [-0.25, -0.2) is 9.13 Å². The Morgan fingerprint density at radius 3 is 1.84 bits per heavy atom. The average Bonchev–Trinajstić information content (AvgIpc) is 2.21. The Hall–Kier alpha value is -0.190. The molecule has 0 aromatic carbocycles. The van der Waals surface area contributed by atoms with Gasteiger partial charge in [-0.2, -0.15) is 0 Å². The third kappa shape index (κ3) is 8.56. The molecule has 0 bridgehead atoms. The predicted molar refractivity (Wildman–Crippen MR) is 57.6 cm³/mol. The van der Waals surface area contributed by atoms with Gasteiger partial charge in [0.1, 0.15) is 24.6 Å². The molecule has 114 valence electrons. The zero-order valence-corrected chi connectivity index (χ0v) is 11.1. The third-order valence-electron chi connectivity index (χ3n) is 1.79. The molecule has 3 atom stereocenters. The molecule has 0 aliphatic carbocycles. The smallest absolute Gasteiger partial charge is 0.394 e. The number of aldehydes is 1. The van der Waals surface area contributed by atoms with E-state index in [-0.39, 0.29) is 6.29 Å². The van der Waals surface area contributed by atoms with Crippen LogP contribution in [0.4, 0.5) is 0 Å². The van der Waals surface area contributed by atoms with Crippen LogP contribution in [0.15, 0.2) is 0 Å². The number of hydrogen-bond donors (Lipinski definition) is 6. The highest BCUT2D eigenvalue weighted by atomic mass is 31.2. The first-order valence-electron chi connectivity index (χ1n) is 4.70. The van der Waals surface area contributed by atoms with Crippen LogP contribution in [0.5, 0.6) is 0 Å². The Bertz CT molecular complexity index is 371. The van der Waals surface area contributed by atoms with E-state index < -0.39 is 47.0 Å². The lowest BCUT2D eigenvalue weighted by Crippen LogP contribution is -2.42. The topological polar surface area (TPSA) is 191 Å². The Morgan fingerprint density at radius 1 is 1.05 bits per heavy atom. The number of carbonyl (C=O) groups excluding carboxylic acids is 1. The second kappa shape index (κ2) is 7.55. The number of phosphoric acid groups is 2. The summed E-state index contributed by atoms with van der Waals surface area (Å²) in [6, 6.07) is 0. The fourth-order valence-electron chi connectivity index (χ4n) is 1.16. The van der Waals surface area contributed by atoms with Crippen molar-refractivity contribution in [1.82, 2.24) is 0 Å². The summed E-state index contributed by atoms with van der Waals surface area (Å²) in [5, 5.41) is 18.0. The van der Waals surface area contributed by atoms with Gasteiger partial charge in [0.2, 0.25) is 0 Å². The summed E-state index contributed by atoms with van der Waals surface area (Å²) in [5.74, 6) is 0. The van der Waals surface area contributed by atoms with Crippen LogP contribution in [0.25, 0.3) is 0 Å². The van der Waals surface area contributed by atoms with E-state index in [4.69, 9.17) is 24.7 Å². The van der Waals surface area contributed by atoms with Gasteiger partial charge in [-0.05, 0) is 0 Å². The molecule has 6 N–H and O–H groups in total. The Kier molecular flexibility index (Phi) is 7.48.